The van der Waals surface area contributed by atoms with Crippen LogP contribution in [0.1, 0.15) is 54.4 Å². The standard InChI is InChI=1S/C25H31ClN2O6/c26-24-19-14-18(27-17-33-16-22(31)28-11-7-5-8-12-28)10-6-3-1-2-4-9-13-34-25(32)23(19)20(29)15-21(24)30/h2,4,6,10,15,29-30H,1,3,5,7-9,11-14,16-17H2/b4-2+,10-6+,27-18+. The van der Waals surface area contributed by atoms with Crippen LogP contribution in [-0.4, -0.2) is 65.7 Å². The van der Waals surface area contributed by atoms with Gasteiger partial charge >= 0.3 is 5.97 Å². The van der Waals surface area contributed by atoms with Gasteiger partial charge in [0.15, 0.2) is 0 Å². The predicted octanol–water partition coefficient (Wildman–Crippen LogP) is 4.17. The number of amides is 1. The van der Waals surface area contributed by atoms with Crippen molar-refractivity contribution in [2.45, 2.75) is 44.9 Å². The van der Waals surface area contributed by atoms with Crippen LogP contribution < -0.4 is 0 Å². The van der Waals surface area contributed by atoms with Crippen LogP contribution in [-0.2, 0) is 20.7 Å². The molecule has 1 saturated heterocycles. The average Bonchev–Trinajstić information content (AvgIpc) is 2.83. The van der Waals surface area contributed by atoms with E-state index < -0.39 is 11.7 Å². The number of allylic oxidation sites excluding steroid dienone is 3. The summed E-state index contributed by atoms with van der Waals surface area (Å²) in [4.78, 5) is 31.2. The number of piperidine rings is 1. The van der Waals surface area contributed by atoms with E-state index in [1.165, 1.54) is 0 Å². The monoisotopic (exact) mass is 490 g/mol. The Kier molecular flexibility index (Phi) is 9.97. The summed E-state index contributed by atoms with van der Waals surface area (Å²) >= 11 is 6.31. The first-order chi connectivity index (χ1) is 16.5. The quantitative estimate of drug-likeness (QED) is 0.372. The van der Waals surface area contributed by atoms with Gasteiger partial charge in [-0.2, -0.15) is 0 Å². The van der Waals surface area contributed by atoms with Crippen LogP contribution in [0.5, 0.6) is 11.5 Å². The van der Waals surface area contributed by atoms with Crippen molar-refractivity contribution in [1.29, 1.82) is 0 Å². The molecule has 8 nitrogen and oxygen atoms in total. The number of nitrogens with zero attached hydrogens (tertiary/aromatic N) is 2. The highest BCUT2D eigenvalue weighted by atomic mass is 35.5. The minimum atomic E-state index is -0.730. The Morgan fingerprint density at radius 2 is 1.82 bits per heavy atom. The van der Waals surface area contributed by atoms with Gasteiger partial charge in [-0.3, -0.25) is 9.79 Å². The number of phenolic OH excluding ortho intramolecular Hbond substituents is 2. The number of fused-ring (bicyclic) bond motifs is 1. The van der Waals surface area contributed by atoms with Crippen LogP contribution in [0.2, 0.25) is 5.02 Å². The average molecular weight is 491 g/mol. The summed E-state index contributed by atoms with van der Waals surface area (Å²) in [5.41, 5.74) is 0.628. The molecule has 2 aliphatic rings. The van der Waals surface area contributed by atoms with Crippen LogP contribution in [0.4, 0.5) is 0 Å². The first-order valence-corrected chi connectivity index (χ1v) is 12.0. The van der Waals surface area contributed by atoms with E-state index in [1.807, 2.05) is 18.2 Å². The van der Waals surface area contributed by atoms with Crippen LogP contribution in [0, 0.1) is 0 Å². The zero-order chi connectivity index (χ0) is 24.3. The van der Waals surface area contributed by atoms with Crippen molar-refractivity contribution in [3.8, 4) is 11.5 Å². The molecule has 0 bridgehead atoms. The number of hydrogen-bond donors (Lipinski definition) is 2. The highest BCUT2D eigenvalue weighted by Crippen LogP contribution is 2.37. The molecule has 184 valence electrons. The minimum Gasteiger partial charge on any atom is -0.507 e. The minimum absolute atomic E-state index is 0.0542. The molecule has 1 aromatic rings. The van der Waals surface area contributed by atoms with Gasteiger partial charge in [0.1, 0.15) is 30.4 Å². The number of cyclic esters (lactones) is 1. The van der Waals surface area contributed by atoms with Crippen LogP contribution >= 0.6 is 11.6 Å². The summed E-state index contributed by atoms with van der Waals surface area (Å²) in [5.74, 6) is -1.55. The molecule has 2 aliphatic heterocycles. The molecule has 1 aromatic carbocycles. The highest BCUT2D eigenvalue weighted by Gasteiger charge is 2.24. The van der Waals surface area contributed by atoms with Gasteiger partial charge < -0.3 is 24.6 Å². The van der Waals surface area contributed by atoms with Gasteiger partial charge in [0.25, 0.3) is 0 Å². The molecule has 34 heavy (non-hydrogen) atoms. The van der Waals surface area contributed by atoms with Crippen molar-refractivity contribution in [3.63, 3.8) is 0 Å². The molecule has 0 spiro atoms. The molecule has 0 radical (unpaired) electrons. The van der Waals surface area contributed by atoms with Gasteiger partial charge in [-0.15, -0.1) is 0 Å². The lowest BCUT2D eigenvalue weighted by Gasteiger charge is -2.26. The number of esters is 1. The maximum absolute atomic E-state index is 12.7. The van der Waals surface area contributed by atoms with Gasteiger partial charge in [-0.05, 0) is 50.2 Å². The maximum Gasteiger partial charge on any atom is 0.342 e. The second-order valence-electron chi connectivity index (χ2n) is 8.20. The Labute approximate surface area is 204 Å². The van der Waals surface area contributed by atoms with Crippen LogP contribution in [0.3, 0.4) is 0 Å². The largest absolute Gasteiger partial charge is 0.507 e. The van der Waals surface area contributed by atoms with Gasteiger partial charge in [0, 0.05) is 31.3 Å². The van der Waals surface area contributed by atoms with Crippen LogP contribution in [0.15, 0.2) is 35.4 Å². The third-order valence-electron chi connectivity index (χ3n) is 5.67. The van der Waals surface area contributed by atoms with Crippen molar-refractivity contribution in [2.75, 3.05) is 33.0 Å². The van der Waals surface area contributed by atoms with Gasteiger partial charge in [-0.1, -0.05) is 29.8 Å². The molecule has 1 amide bonds. The normalized spacial score (nSPS) is 20.8. The molecule has 0 saturated carbocycles. The van der Waals surface area contributed by atoms with Crippen molar-refractivity contribution in [3.05, 3.63) is 46.5 Å². The topological polar surface area (TPSA) is 109 Å². The first-order valence-electron chi connectivity index (χ1n) is 11.6. The SMILES string of the molecule is O=C1OCC/C=C/CC/C=C/C(=N\COCC(=O)N2CCCCC2)Cc2c(Cl)c(O)cc(O)c21. The number of aliphatic imine (C=N–C) groups is 1. The summed E-state index contributed by atoms with van der Waals surface area (Å²) in [5, 5.41) is 20.4. The Morgan fingerprint density at radius 1 is 1.09 bits per heavy atom. The molecule has 1 fully saturated rings. The Bertz CT molecular complexity index is 967. The summed E-state index contributed by atoms with van der Waals surface area (Å²) in [7, 11) is 0. The number of aromatic hydroxyl groups is 2. The first kappa shape index (κ1) is 25.8. The van der Waals surface area contributed by atoms with Crippen molar-refractivity contribution in [1.82, 2.24) is 4.90 Å². The van der Waals surface area contributed by atoms with Crippen molar-refractivity contribution in [2.24, 2.45) is 4.99 Å². The molecule has 0 unspecified atom stereocenters. The van der Waals surface area contributed by atoms with Gasteiger partial charge in [0.05, 0.1) is 11.6 Å². The van der Waals surface area contributed by atoms with Gasteiger partial charge in [-0.25, -0.2) is 4.79 Å². The Morgan fingerprint density at radius 3 is 2.62 bits per heavy atom. The smallest absolute Gasteiger partial charge is 0.342 e. The van der Waals surface area contributed by atoms with E-state index in [0.717, 1.165) is 51.3 Å². The number of phenols is 2. The summed E-state index contributed by atoms with van der Waals surface area (Å²) in [6.45, 7) is 1.55. The molecular formula is C25H31ClN2O6. The summed E-state index contributed by atoms with van der Waals surface area (Å²) < 4.78 is 10.8. The van der Waals surface area contributed by atoms with Crippen molar-refractivity contribution < 1.29 is 29.3 Å². The molecule has 0 aliphatic carbocycles. The summed E-state index contributed by atoms with van der Waals surface area (Å²) in [6.07, 6.45) is 13.0. The third-order valence-corrected chi connectivity index (χ3v) is 6.09. The number of likely N-dealkylation sites (tertiary alicyclic amines) is 1. The number of carbonyl (C=O) groups excluding carboxylic acids is 2. The fourth-order valence-corrected chi connectivity index (χ4v) is 4.08. The lowest BCUT2D eigenvalue weighted by atomic mass is 9.99. The molecule has 0 aromatic heterocycles. The second kappa shape index (κ2) is 13.2. The molecule has 0 atom stereocenters. The number of halogens is 1. The number of ether oxygens (including phenoxy) is 2. The molecule has 2 N–H and O–H groups in total. The number of benzene rings is 1. The molecule has 3 rings (SSSR count). The van der Waals surface area contributed by atoms with E-state index in [2.05, 4.69) is 4.99 Å². The number of carbonyl (C=O) groups is 2. The third kappa shape index (κ3) is 7.33. The zero-order valence-corrected chi connectivity index (χ0v) is 19.9. The molecule has 2 heterocycles. The lowest BCUT2D eigenvalue weighted by Crippen LogP contribution is -2.38. The number of hydrogen-bond acceptors (Lipinski definition) is 7. The molecular weight excluding hydrogens is 460 g/mol. The fraction of sp³-hybridized carbons (Fsp3) is 0.480. The Hall–Kier alpha value is -2.84. The fourth-order valence-electron chi connectivity index (χ4n) is 3.86. The predicted molar refractivity (Wildman–Crippen MR) is 130 cm³/mol. The maximum atomic E-state index is 12.7. The number of rotatable bonds is 4. The van der Waals surface area contributed by atoms with E-state index in [1.54, 1.807) is 11.0 Å². The van der Waals surface area contributed by atoms with E-state index >= 15 is 0 Å². The zero-order valence-electron chi connectivity index (χ0n) is 19.2. The Balaban J connectivity index is 1.79. The van der Waals surface area contributed by atoms with E-state index in [0.29, 0.717) is 12.1 Å². The molecule has 9 heteroatoms. The van der Waals surface area contributed by atoms with E-state index in [9.17, 15) is 19.8 Å². The van der Waals surface area contributed by atoms with E-state index in [4.69, 9.17) is 21.1 Å². The van der Waals surface area contributed by atoms with E-state index in [-0.39, 0.29) is 54.2 Å². The lowest BCUT2D eigenvalue weighted by molar-refractivity contribution is -0.136. The second-order valence-corrected chi connectivity index (χ2v) is 8.58. The highest BCUT2D eigenvalue weighted by molar-refractivity contribution is 6.33. The van der Waals surface area contributed by atoms with Crippen molar-refractivity contribution >= 4 is 29.2 Å². The summed E-state index contributed by atoms with van der Waals surface area (Å²) in [6, 6.07) is 1.02. The van der Waals surface area contributed by atoms with Gasteiger partial charge in [0.2, 0.25) is 5.91 Å². The van der Waals surface area contributed by atoms with Crippen LogP contribution in [0.25, 0.3) is 0 Å².